The fraction of sp³-hybridized carbons (Fsp3) is 1.00. The molecule has 1 rings (SSSR count). The Kier molecular flexibility index (Phi) is 5.93. The second kappa shape index (κ2) is 4.71. The molecular weight excluding hydrogens is 105 g/mol. The van der Waals surface area contributed by atoms with E-state index < -0.39 is 0 Å². The summed E-state index contributed by atoms with van der Waals surface area (Å²) in [4.78, 5) is 4.57. The fourth-order valence-corrected chi connectivity index (χ4v) is 0.323. The largest absolute Gasteiger partial charge is 1.00 e. The zero-order valence-electron chi connectivity index (χ0n) is 3.98. The van der Waals surface area contributed by atoms with Crippen LogP contribution in [0.2, 0.25) is 0 Å². The van der Waals surface area contributed by atoms with Gasteiger partial charge in [0.25, 0.3) is 0 Å². The average molecular weight is 111 g/mol. The SMILES string of the molecule is C1C[N-]OC1.[K+]. The summed E-state index contributed by atoms with van der Waals surface area (Å²) >= 11 is 0. The number of rotatable bonds is 0. The molecule has 0 aromatic rings. The number of hydrogen-bond donors (Lipinski definition) is 0. The molecule has 1 saturated heterocycles. The minimum atomic E-state index is 0. The smallest absolute Gasteiger partial charge is 0.534 e. The number of hydrogen-bond acceptors (Lipinski definition) is 1. The molecule has 6 heavy (non-hydrogen) atoms. The molecule has 1 aliphatic heterocycles. The normalized spacial score (nSPS) is 20.0. The Balaban J connectivity index is 0.000000250. The van der Waals surface area contributed by atoms with Crippen molar-refractivity contribution in [2.45, 2.75) is 6.42 Å². The molecule has 0 bridgehead atoms. The summed E-state index contributed by atoms with van der Waals surface area (Å²) in [5.74, 6) is 0. The molecule has 1 heterocycles. The van der Waals surface area contributed by atoms with E-state index in [9.17, 15) is 0 Å². The van der Waals surface area contributed by atoms with Crippen molar-refractivity contribution in [3.8, 4) is 0 Å². The Morgan fingerprint density at radius 3 is 2.50 bits per heavy atom. The molecule has 0 N–H and O–H groups in total. The van der Waals surface area contributed by atoms with Gasteiger partial charge in [-0.2, -0.15) is 0 Å². The van der Waals surface area contributed by atoms with Gasteiger partial charge in [-0.15, -0.1) is 6.54 Å². The molecular formula is C3H6KNO. The molecule has 0 unspecified atom stereocenters. The third-order valence-electron chi connectivity index (χ3n) is 0.576. The molecule has 1 fully saturated rings. The van der Waals surface area contributed by atoms with Crippen LogP contribution in [0.15, 0.2) is 0 Å². The van der Waals surface area contributed by atoms with Crippen molar-refractivity contribution in [3.05, 3.63) is 5.48 Å². The van der Waals surface area contributed by atoms with E-state index in [0.29, 0.717) is 0 Å². The molecule has 0 atom stereocenters. The number of hydroxylamine groups is 1. The molecule has 2 nitrogen and oxygen atoms in total. The molecule has 0 aliphatic carbocycles. The van der Waals surface area contributed by atoms with Gasteiger partial charge in [-0.25, -0.2) is 0 Å². The number of nitrogens with zero attached hydrogens (tertiary/aromatic N) is 1. The quantitative estimate of drug-likeness (QED) is 0.322. The summed E-state index contributed by atoms with van der Waals surface area (Å²) in [7, 11) is 0. The second-order valence-corrected chi connectivity index (χ2v) is 1.04. The topological polar surface area (TPSA) is 23.3 Å². The van der Waals surface area contributed by atoms with E-state index in [4.69, 9.17) is 0 Å². The Bertz CT molecular complexity index is 22.4. The molecule has 3 heteroatoms. The Morgan fingerprint density at radius 2 is 2.33 bits per heavy atom. The van der Waals surface area contributed by atoms with Gasteiger partial charge < -0.3 is 10.3 Å². The first-order valence-corrected chi connectivity index (χ1v) is 1.79. The summed E-state index contributed by atoms with van der Waals surface area (Å²) < 4.78 is 0. The first-order valence-electron chi connectivity index (χ1n) is 1.79. The van der Waals surface area contributed by atoms with Crippen LogP contribution in [0.4, 0.5) is 0 Å². The van der Waals surface area contributed by atoms with E-state index in [1.165, 1.54) is 0 Å². The third-order valence-corrected chi connectivity index (χ3v) is 0.576. The van der Waals surface area contributed by atoms with Crippen LogP contribution < -0.4 is 51.4 Å². The Morgan fingerprint density at radius 1 is 1.50 bits per heavy atom. The maximum absolute atomic E-state index is 4.57. The monoisotopic (exact) mass is 111 g/mol. The predicted octanol–water partition coefficient (Wildman–Crippen LogP) is -2.30. The standard InChI is InChI=1S/C3H6NO.K/c1-2-4-5-3-1;/h1-3H2;/q-1;+1. The molecule has 1 aliphatic rings. The molecule has 0 saturated carbocycles. The third kappa shape index (κ3) is 2.68. The maximum atomic E-state index is 4.57. The van der Waals surface area contributed by atoms with Gasteiger partial charge in [-0.1, -0.05) is 0 Å². The van der Waals surface area contributed by atoms with Crippen molar-refractivity contribution < 1.29 is 56.2 Å². The zero-order chi connectivity index (χ0) is 3.54. The van der Waals surface area contributed by atoms with Crippen molar-refractivity contribution >= 4 is 0 Å². The van der Waals surface area contributed by atoms with Crippen molar-refractivity contribution in [2.75, 3.05) is 13.2 Å². The van der Waals surface area contributed by atoms with Gasteiger partial charge in [0.15, 0.2) is 0 Å². The van der Waals surface area contributed by atoms with E-state index in [-0.39, 0.29) is 51.4 Å². The van der Waals surface area contributed by atoms with Crippen LogP contribution in [0.5, 0.6) is 0 Å². The van der Waals surface area contributed by atoms with Gasteiger partial charge >= 0.3 is 51.4 Å². The molecule has 0 aromatic carbocycles. The van der Waals surface area contributed by atoms with Gasteiger partial charge in [0.05, 0.1) is 0 Å². The maximum Gasteiger partial charge on any atom is 1.00 e. The van der Waals surface area contributed by atoms with Gasteiger partial charge in [-0.3, -0.25) is 0 Å². The van der Waals surface area contributed by atoms with E-state index in [1.54, 1.807) is 0 Å². The van der Waals surface area contributed by atoms with Crippen molar-refractivity contribution in [1.29, 1.82) is 0 Å². The summed E-state index contributed by atoms with van der Waals surface area (Å²) in [6, 6.07) is 0. The first-order chi connectivity index (χ1) is 2.50. The minimum absolute atomic E-state index is 0. The summed E-state index contributed by atoms with van der Waals surface area (Å²) in [6.07, 6.45) is 1.11. The molecule has 0 radical (unpaired) electrons. The van der Waals surface area contributed by atoms with E-state index >= 15 is 0 Å². The van der Waals surface area contributed by atoms with Gasteiger partial charge in [-0.05, 0) is 6.42 Å². The summed E-state index contributed by atoms with van der Waals surface area (Å²) in [5.41, 5.74) is 3.58. The van der Waals surface area contributed by atoms with Crippen molar-refractivity contribution in [1.82, 2.24) is 0 Å². The Labute approximate surface area is 80.0 Å². The first kappa shape index (κ1) is 7.56. The van der Waals surface area contributed by atoms with E-state index in [0.717, 1.165) is 19.6 Å². The minimum Gasteiger partial charge on any atom is -0.534 e. The van der Waals surface area contributed by atoms with Crippen molar-refractivity contribution in [2.24, 2.45) is 0 Å². The second-order valence-electron chi connectivity index (χ2n) is 1.04. The van der Waals surface area contributed by atoms with E-state index in [2.05, 4.69) is 10.3 Å². The fourth-order valence-electron chi connectivity index (χ4n) is 0.323. The molecule has 0 aromatic heterocycles. The molecule has 30 valence electrons. The van der Waals surface area contributed by atoms with Crippen LogP contribution in [0.3, 0.4) is 0 Å². The van der Waals surface area contributed by atoms with Crippen LogP contribution in [0, 0.1) is 0 Å². The average Bonchev–Trinajstić information content (AvgIpc) is 1.76. The van der Waals surface area contributed by atoms with Crippen LogP contribution in [-0.2, 0) is 4.84 Å². The van der Waals surface area contributed by atoms with E-state index in [1.807, 2.05) is 0 Å². The predicted molar refractivity (Wildman–Crippen MR) is 18.8 cm³/mol. The van der Waals surface area contributed by atoms with Crippen LogP contribution in [0.1, 0.15) is 6.42 Å². The zero-order valence-corrected chi connectivity index (χ0v) is 7.10. The van der Waals surface area contributed by atoms with Gasteiger partial charge in [0.2, 0.25) is 0 Å². The van der Waals surface area contributed by atoms with Crippen molar-refractivity contribution in [3.63, 3.8) is 0 Å². The molecule has 0 amide bonds. The Hall–Kier alpha value is 1.56. The van der Waals surface area contributed by atoms with Crippen LogP contribution >= 0.6 is 0 Å². The summed E-state index contributed by atoms with van der Waals surface area (Å²) in [5, 5.41) is 0. The van der Waals surface area contributed by atoms with Gasteiger partial charge in [0, 0.05) is 6.61 Å². The van der Waals surface area contributed by atoms with Crippen LogP contribution in [-0.4, -0.2) is 13.2 Å². The molecule has 0 spiro atoms. The summed E-state index contributed by atoms with van der Waals surface area (Å²) in [6.45, 7) is 1.74. The van der Waals surface area contributed by atoms with Crippen LogP contribution in [0.25, 0.3) is 5.48 Å². The van der Waals surface area contributed by atoms with Gasteiger partial charge in [0.1, 0.15) is 0 Å².